The van der Waals surface area contributed by atoms with Crippen LogP contribution in [0.1, 0.15) is 18.9 Å². The lowest BCUT2D eigenvalue weighted by atomic mass is 10.1. The summed E-state index contributed by atoms with van der Waals surface area (Å²) in [5, 5.41) is 8.69. The Morgan fingerprint density at radius 3 is 2.82 bits per heavy atom. The van der Waals surface area contributed by atoms with E-state index in [0.29, 0.717) is 17.9 Å². The molecule has 3 nitrogen and oxygen atoms in total. The van der Waals surface area contributed by atoms with E-state index in [0.717, 1.165) is 6.42 Å². The predicted octanol–water partition coefficient (Wildman–Crippen LogP) is 2.31. The minimum absolute atomic E-state index is 0.107. The molecule has 1 aliphatic heterocycles. The number of nitriles is 1. The molecule has 2 atom stereocenters. The van der Waals surface area contributed by atoms with Crippen LogP contribution in [0, 0.1) is 17.1 Å². The average molecular weight is 234 g/mol. The van der Waals surface area contributed by atoms with E-state index in [4.69, 9.17) is 10.00 Å². The van der Waals surface area contributed by atoms with Gasteiger partial charge >= 0.3 is 0 Å². The summed E-state index contributed by atoms with van der Waals surface area (Å²) in [5.41, 5.74) is 0.863. The van der Waals surface area contributed by atoms with Crippen LogP contribution in [0.15, 0.2) is 18.2 Å². The molecule has 2 unspecified atom stereocenters. The van der Waals surface area contributed by atoms with Gasteiger partial charge in [-0.2, -0.15) is 5.26 Å². The molecule has 0 aliphatic carbocycles. The number of rotatable bonds is 2. The highest BCUT2D eigenvalue weighted by molar-refractivity contribution is 5.51. The summed E-state index contributed by atoms with van der Waals surface area (Å²) in [6.07, 6.45) is 1.01. The van der Waals surface area contributed by atoms with Gasteiger partial charge in [0, 0.05) is 13.7 Å². The van der Waals surface area contributed by atoms with E-state index >= 15 is 0 Å². The van der Waals surface area contributed by atoms with Gasteiger partial charge in [-0.1, -0.05) is 0 Å². The van der Waals surface area contributed by atoms with E-state index in [1.807, 2.05) is 24.9 Å². The third-order valence-electron chi connectivity index (χ3n) is 3.29. The Bertz CT molecular complexity index is 455. The minimum atomic E-state index is -0.356. The van der Waals surface area contributed by atoms with Crippen LogP contribution in [0.2, 0.25) is 0 Å². The van der Waals surface area contributed by atoms with Crippen LogP contribution in [0.5, 0.6) is 0 Å². The molecule has 0 spiro atoms. The molecular formula is C13H15FN2O. The summed E-state index contributed by atoms with van der Waals surface area (Å²) in [4.78, 5) is 1.90. The largest absolute Gasteiger partial charge is 0.376 e. The lowest BCUT2D eigenvalue weighted by Crippen LogP contribution is -2.37. The van der Waals surface area contributed by atoms with E-state index in [9.17, 15) is 4.39 Å². The third kappa shape index (κ3) is 2.25. The van der Waals surface area contributed by atoms with Crippen molar-refractivity contribution in [3.63, 3.8) is 0 Å². The number of ether oxygens (including phenoxy) is 1. The van der Waals surface area contributed by atoms with Crippen molar-refractivity contribution < 1.29 is 9.13 Å². The fourth-order valence-corrected chi connectivity index (χ4v) is 2.27. The van der Waals surface area contributed by atoms with Crippen LogP contribution < -0.4 is 4.90 Å². The molecule has 0 aromatic heterocycles. The lowest BCUT2D eigenvalue weighted by Gasteiger charge is -2.29. The van der Waals surface area contributed by atoms with Gasteiger partial charge in [0.2, 0.25) is 0 Å². The summed E-state index contributed by atoms with van der Waals surface area (Å²) in [6.45, 7) is 2.71. The van der Waals surface area contributed by atoms with E-state index in [1.54, 1.807) is 12.1 Å². The second-order valence-electron chi connectivity index (χ2n) is 4.32. The topological polar surface area (TPSA) is 36.3 Å². The first-order valence-corrected chi connectivity index (χ1v) is 5.67. The van der Waals surface area contributed by atoms with Gasteiger partial charge < -0.3 is 9.64 Å². The van der Waals surface area contributed by atoms with E-state index in [-0.39, 0.29) is 18.0 Å². The number of anilines is 1. The number of hydrogen-bond acceptors (Lipinski definition) is 3. The highest BCUT2D eigenvalue weighted by atomic mass is 19.1. The molecule has 1 saturated heterocycles. The van der Waals surface area contributed by atoms with Crippen molar-refractivity contribution in [2.24, 2.45) is 0 Å². The zero-order chi connectivity index (χ0) is 12.4. The highest BCUT2D eigenvalue weighted by Gasteiger charge is 2.29. The van der Waals surface area contributed by atoms with Crippen molar-refractivity contribution in [1.82, 2.24) is 0 Å². The molecule has 17 heavy (non-hydrogen) atoms. The lowest BCUT2D eigenvalue weighted by molar-refractivity contribution is 0.118. The summed E-state index contributed by atoms with van der Waals surface area (Å²) in [7, 11) is 1.86. The first kappa shape index (κ1) is 11.9. The minimum Gasteiger partial charge on any atom is -0.376 e. The zero-order valence-electron chi connectivity index (χ0n) is 9.98. The Labute approximate surface area is 100 Å². The van der Waals surface area contributed by atoms with Gasteiger partial charge in [0.05, 0.1) is 29.5 Å². The van der Waals surface area contributed by atoms with E-state index in [1.165, 1.54) is 6.07 Å². The smallest absolute Gasteiger partial charge is 0.147 e. The molecule has 0 bridgehead atoms. The van der Waals surface area contributed by atoms with Crippen molar-refractivity contribution in [1.29, 1.82) is 5.26 Å². The predicted molar refractivity (Wildman–Crippen MR) is 63.3 cm³/mol. The van der Waals surface area contributed by atoms with Gasteiger partial charge in [-0.15, -0.1) is 0 Å². The molecule has 1 aromatic rings. The molecule has 0 radical (unpaired) electrons. The van der Waals surface area contributed by atoms with Crippen LogP contribution in [0.3, 0.4) is 0 Å². The molecule has 1 fully saturated rings. The Morgan fingerprint density at radius 1 is 1.53 bits per heavy atom. The van der Waals surface area contributed by atoms with Crippen LogP contribution >= 0.6 is 0 Å². The van der Waals surface area contributed by atoms with Gasteiger partial charge in [0.15, 0.2) is 0 Å². The fourth-order valence-electron chi connectivity index (χ4n) is 2.27. The molecule has 4 heteroatoms. The Morgan fingerprint density at radius 2 is 2.29 bits per heavy atom. The molecular weight excluding hydrogens is 219 g/mol. The van der Waals surface area contributed by atoms with E-state index < -0.39 is 0 Å². The number of nitrogens with zero attached hydrogens (tertiary/aromatic N) is 2. The van der Waals surface area contributed by atoms with Crippen molar-refractivity contribution >= 4 is 5.69 Å². The first-order valence-electron chi connectivity index (χ1n) is 5.67. The Kier molecular flexibility index (Phi) is 3.30. The quantitative estimate of drug-likeness (QED) is 0.787. The molecule has 1 heterocycles. The molecule has 0 saturated carbocycles. The van der Waals surface area contributed by atoms with Crippen molar-refractivity contribution in [3.8, 4) is 6.07 Å². The van der Waals surface area contributed by atoms with Gasteiger partial charge in [-0.05, 0) is 31.5 Å². The molecule has 0 N–H and O–H groups in total. The standard InChI is InChI=1S/C13H15FN2O/c1-9-12(5-6-17-9)16(2)13-4-3-10(8-15)7-11(13)14/h3-4,7,9,12H,5-6H2,1-2H3. The first-order chi connectivity index (χ1) is 8.13. The second-order valence-corrected chi connectivity index (χ2v) is 4.32. The van der Waals surface area contributed by atoms with Crippen molar-refractivity contribution in [3.05, 3.63) is 29.6 Å². The van der Waals surface area contributed by atoms with Crippen molar-refractivity contribution in [2.75, 3.05) is 18.6 Å². The monoisotopic (exact) mass is 234 g/mol. The maximum absolute atomic E-state index is 13.8. The zero-order valence-corrected chi connectivity index (χ0v) is 9.98. The molecule has 90 valence electrons. The van der Waals surface area contributed by atoms with Gasteiger partial charge in [0.25, 0.3) is 0 Å². The Hall–Kier alpha value is -1.60. The number of hydrogen-bond donors (Lipinski definition) is 0. The van der Waals surface area contributed by atoms with Crippen LogP contribution in [-0.2, 0) is 4.74 Å². The number of halogens is 1. The normalized spacial score (nSPS) is 23.4. The van der Waals surface area contributed by atoms with E-state index in [2.05, 4.69) is 0 Å². The summed E-state index contributed by atoms with van der Waals surface area (Å²) < 4.78 is 19.3. The maximum atomic E-state index is 13.8. The Balaban J connectivity index is 2.25. The van der Waals surface area contributed by atoms with Gasteiger partial charge in [0.1, 0.15) is 5.82 Å². The molecule has 2 rings (SSSR count). The van der Waals surface area contributed by atoms with Gasteiger partial charge in [-0.25, -0.2) is 4.39 Å². The molecule has 1 aromatic carbocycles. The number of benzene rings is 1. The van der Waals surface area contributed by atoms with Crippen LogP contribution in [0.25, 0.3) is 0 Å². The average Bonchev–Trinajstić information content (AvgIpc) is 2.74. The highest BCUT2D eigenvalue weighted by Crippen LogP contribution is 2.26. The summed E-state index contributed by atoms with van der Waals surface area (Å²) >= 11 is 0. The summed E-state index contributed by atoms with van der Waals surface area (Å²) in [6, 6.07) is 6.68. The number of likely N-dealkylation sites (N-methyl/N-ethyl adjacent to an activating group) is 1. The second kappa shape index (κ2) is 4.72. The fraction of sp³-hybridized carbons (Fsp3) is 0.462. The maximum Gasteiger partial charge on any atom is 0.147 e. The third-order valence-corrected chi connectivity index (χ3v) is 3.29. The van der Waals surface area contributed by atoms with Crippen molar-refractivity contribution in [2.45, 2.75) is 25.5 Å². The SMILES string of the molecule is CC1OCCC1N(C)c1ccc(C#N)cc1F. The van der Waals surface area contributed by atoms with Gasteiger partial charge in [-0.3, -0.25) is 0 Å². The van der Waals surface area contributed by atoms with Crippen LogP contribution in [0.4, 0.5) is 10.1 Å². The molecule has 1 aliphatic rings. The summed E-state index contributed by atoms with van der Waals surface area (Å²) in [5.74, 6) is -0.356. The molecule has 0 amide bonds. The van der Waals surface area contributed by atoms with Crippen LogP contribution in [-0.4, -0.2) is 25.8 Å².